The van der Waals surface area contributed by atoms with Crippen LogP contribution >= 0.6 is 12.6 Å². The summed E-state index contributed by atoms with van der Waals surface area (Å²) >= 11 is 4.64. The van der Waals surface area contributed by atoms with E-state index in [1.165, 1.54) is 68.3 Å². The van der Waals surface area contributed by atoms with Gasteiger partial charge in [0.15, 0.2) is 5.65 Å². The van der Waals surface area contributed by atoms with Crippen LogP contribution < -0.4 is 0 Å². The molecule has 2 aromatic heterocycles. The van der Waals surface area contributed by atoms with Crippen LogP contribution in [0.15, 0.2) is 84.1 Å². The van der Waals surface area contributed by atoms with Gasteiger partial charge in [-0.2, -0.15) is 5.10 Å². The number of rotatable bonds is 6. The molecule has 1 saturated carbocycles. The first kappa shape index (κ1) is 22.1. The topological polar surface area (TPSA) is 33.4 Å². The molecular formula is C31H30N4S. The fourth-order valence-corrected chi connectivity index (χ4v) is 6.23. The standard InChI is InChI=1S/C31H30N4S/c36-29-12-11-26(25-5-1-2-6-27(25)29)28-19-33-35-20-24(18-32-30(28)35)23-9-7-22(8-10-23)17-31(13-14-31)21-34-15-3-4-16-34/h1-2,5-12,18-20,36H,3-4,13-17,21H2. The summed E-state index contributed by atoms with van der Waals surface area (Å²) in [7, 11) is 0. The number of fused-ring (bicyclic) bond motifs is 2. The maximum absolute atomic E-state index is 4.85. The Morgan fingerprint density at radius 2 is 1.58 bits per heavy atom. The van der Waals surface area contributed by atoms with Gasteiger partial charge in [0.05, 0.1) is 6.20 Å². The number of thiol groups is 1. The summed E-state index contributed by atoms with van der Waals surface area (Å²) in [5.41, 5.74) is 7.26. The summed E-state index contributed by atoms with van der Waals surface area (Å²) in [5, 5.41) is 6.97. The Labute approximate surface area is 217 Å². The first-order chi connectivity index (χ1) is 17.7. The average molecular weight is 491 g/mol. The molecule has 3 heterocycles. The van der Waals surface area contributed by atoms with Crippen LogP contribution in [0.5, 0.6) is 0 Å². The van der Waals surface area contributed by atoms with Crippen LogP contribution in [0.3, 0.4) is 0 Å². The van der Waals surface area contributed by atoms with Crippen molar-refractivity contribution in [1.29, 1.82) is 0 Å². The molecule has 2 aliphatic rings. The lowest BCUT2D eigenvalue weighted by atomic mass is 9.94. The summed E-state index contributed by atoms with van der Waals surface area (Å²) < 4.78 is 1.90. The predicted molar refractivity (Wildman–Crippen MR) is 150 cm³/mol. The molecule has 1 aliphatic carbocycles. The number of likely N-dealkylation sites (tertiary alicyclic amines) is 1. The zero-order valence-corrected chi connectivity index (χ0v) is 21.3. The van der Waals surface area contributed by atoms with Crippen molar-refractivity contribution in [1.82, 2.24) is 19.5 Å². The molecule has 1 aliphatic heterocycles. The molecular weight excluding hydrogens is 460 g/mol. The van der Waals surface area contributed by atoms with Crippen molar-refractivity contribution in [2.24, 2.45) is 5.41 Å². The summed E-state index contributed by atoms with van der Waals surface area (Å²) in [6.45, 7) is 3.87. The lowest BCUT2D eigenvalue weighted by molar-refractivity contribution is 0.262. The van der Waals surface area contributed by atoms with Crippen molar-refractivity contribution in [2.75, 3.05) is 19.6 Å². The van der Waals surface area contributed by atoms with Crippen LogP contribution in [0.2, 0.25) is 0 Å². The van der Waals surface area contributed by atoms with Gasteiger partial charge in [-0.05, 0) is 84.1 Å². The van der Waals surface area contributed by atoms with Crippen molar-refractivity contribution in [3.63, 3.8) is 0 Å². The Balaban J connectivity index is 1.15. The van der Waals surface area contributed by atoms with Crippen molar-refractivity contribution in [2.45, 2.75) is 37.0 Å². The van der Waals surface area contributed by atoms with Crippen LogP contribution in [0.25, 0.3) is 38.7 Å². The van der Waals surface area contributed by atoms with Gasteiger partial charge in [0.25, 0.3) is 0 Å². The third-order valence-corrected chi connectivity index (χ3v) is 8.52. The van der Waals surface area contributed by atoms with Gasteiger partial charge in [-0.25, -0.2) is 9.50 Å². The van der Waals surface area contributed by atoms with Crippen molar-refractivity contribution < 1.29 is 0 Å². The second-order valence-electron chi connectivity index (χ2n) is 10.7. The average Bonchev–Trinajstić information content (AvgIpc) is 3.27. The van der Waals surface area contributed by atoms with E-state index in [1.807, 2.05) is 16.9 Å². The lowest BCUT2D eigenvalue weighted by Crippen LogP contribution is -2.28. The number of hydrogen-bond acceptors (Lipinski definition) is 4. The van der Waals surface area contributed by atoms with Gasteiger partial charge in [0, 0.05) is 35.0 Å². The normalized spacial score (nSPS) is 17.2. The molecule has 3 aromatic carbocycles. The number of benzene rings is 3. The Morgan fingerprint density at radius 1 is 0.806 bits per heavy atom. The molecule has 0 radical (unpaired) electrons. The Morgan fingerprint density at radius 3 is 2.36 bits per heavy atom. The van der Waals surface area contributed by atoms with E-state index in [4.69, 9.17) is 4.98 Å². The second kappa shape index (κ2) is 8.75. The third kappa shape index (κ3) is 4.00. The van der Waals surface area contributed by atoms with Gasteiger partial charge < -0.3 is 4.90 Å². The molecule has 0 amide bonds. The highest BCUT2D eigenvalue weighted by Crippen LogP contribution is 2.49. The molecule has 2 fully saturated rings. The van der Waals surface area contributed by atoms with E-state index in [0.29, 0.717) is 5.41 Å². The maximum Gasteiger partial charge on any atom is 0.162 e. The first-order valence-corrected chi connectivity index (χ1v) is 13.5. The Bertz CT molecular complexity index is 1560. The van der Waals surface area contributed by atoms with Crippen LogP contribution in [0.4, 0.5) is 0 Å². The minimum absolute atomic E-state index is 0.521. The van der Waals surface area contributed by atoms with Gasteiger partial charge >= 0.3 is 0 Å². The van der Waals surface area contributed by atoms with E-state index in [-0.39, 0.29) is 0 Å². The summed E-state index contributed by atoms with van der Waals surface area (Å²) in [4.78, 5) is 8.50. The molecule has 180 valence electrons. The highest BCUT2D eigenvalue weighted by atomic mass is 32.1. The van der Waals surface area contributed by atoms with E-state index in [2.05, 4.69) is 89.5 Å². The van der Waals surface area contributed by atoms with E-state index < -0.39 is 0 Å². The number of aromatic nitrogens is 3. The molecule has 4 nitrogen and oxygen atoms in total. The van der Waals surface area contributed by atoms with E-state index in [1.54, 1.807) is 0 Å². The molecule has 5 aromatic rings. The van der Waals surface area contributed by atoms with Crippen molar-refractivity contribution in [3.8, 4) is 22.3 Å². The van der Waals surface area contributed by atoms with Gasteiger partial charge in [-0.3, -0.25) is 0 Å². The molecule has 36 heavy (non-hydrogen) atoms. The summed E-state index contributed by atoms with van der Waals surface area (Å²) in [6.07, 6.45) is 12.7. The second-order valence-corrected chi connectivity index (χ2v) is 11.2. The zero-order chi connectivity index (χ0) is 24.1. The Kier molecular flexibility index (Phi) is 5.37. The number of nitrogens with zero attached hydrogens (tertiary/aromatic N) is 4. The lowest BCUT2D eigenvalue weighted by Gasteiger charge is -2.23. The molecule has 7 rings (SSSR count). The molecule has 0 spiro atoms. The van der Waals surface area contributed by atoms with E-state index >= 15 is 0 Å². The van der Waals surface area contributed by atoms with Gasteiger partial charge in [0.2, 0.25) is 0 Å². The van der Waals surface area contributed by atoms with E-state index in [0.717, 1.165) is 32.6 Å². The van der Waals surface area contributed by atoms with Crippen LogP contribution in [-0.2, 0) is 6.42 Å². The van der Waals surface area contributed by atoms with Gasteiger partial charge in [0.1, 0.15) is 0 Å². The predicted octanol–water partition coefficient (Wildman–Crippen LogP) is 6.92. The van der Waals surface area contributed by atoms with Crippen molar-refractivity contribution >= 4 is 29.0 Å². The maximum atomic E-state index is 4.85. The van der Waals surface area contributed by atoms with Crippen LogP contribution in [-0.4, -0.2) is 39.1 Å². The molecule has 0 atom stereocenters. The fraction of sp³-hybridized carbons (Fsp3) is 0.290. The largest absolute Gasteiger partial charge is 0.303 e. The molecule has 5 heteroatoms. The highest BCUT2D eigenvalue weighted by molar-refractivity contribution is 7.80. The van der Waals surface area contributed by atoms with Crippen molar-refractivity contribution in [3.05, 3.63) is 84.8 Å². The first-order valence-electron chi connectivity index (χ1n) is 13.0. The quantitative estimate of drug-likeness (QED) is 0.262. The smallest absolute Gasteiger partial charge is 0.162 e. The van der Waals surface area contributed by atoms with Crippen LogP contribution in [0.1, 0.15) is 31.2 Å². The monoisotopic (exact) mass is 490 g/mol. The Hall–Kier alpha value is -3.15. The minimum atomic E-state index is 0.521. The van der Waals surface area contributed by atoms with Crippen LogP contribution in [0, 0.1) is 5.41 Å². The summed E-state index contributed by atoms with van der Waals surface area (Å²) in [5.74, 6) is 0. The molecule has 1 saturated heterocycles. The summed E-state index contributed by atoms with van der Waals surface area (Å²) in [6, 6.07) is 21.6. The molecule has 0 N–H and O–H groups in total. The highest BCUT2D eigenvalue weighted by Gasteiger charge is 2.43. The van der Waals surface area contributed by atoms with Gasteiger partial charge in [-0.1, -0.05) is 54.6 Å². The number of hydrogen-bond donors (Lipinski definition) is 1. The SMILES string of the molecule is Sc1ccc(-c2cnn3cc(-c4ccc(CC5(CN6CCCC6)CC5)cc4)cnc23)c2ccccc12. The van der Waals surface area contributed by atoms with Gasteiger partial charge in [-0.15, -0.1) is 12.6 Å². The third-order valence-electron chi connectivity index (χ3n) is 8.13. The minimum Gasteiger partial charge on any atom is -0.303 e. The molecule has 0 unspecified atom stereocenters. The zero-order valence-electron chi connectivity index (χ0n) is 20.4. The molecule has 0 bridgehead atoms. The fourth-order valence-electron chi connectivity index (χ4n) is 5.96. The van der Waals surface area contributed by atoms with E-state index in [9.17, 15) is 0 Å².